The molecule has 8 heteroatoms. The van der Waals surface area contributed by atoms with E-state index in [0.717, 1.165) is 44.0 Å². The van der Waals surface area contributed by atoms with Crippen molar-refractivity contribution in [2.24, 2.45) is 7.05 Å². The number of ether oxygens (including phenoxy) is 3. The van der Waals surface area contributed by atoms with Gasteiger partial charge in [0.2, 0.25) is 5.43 Å². The molecule has 1 aromatic carbocycles. The van der Waals surface area contributed by atoms with Crippen LogP contribution < -0.4 is 14.9 Å². The van der Waals surface area contributed by atoms with Crippen LogP contribution in [-0.2, 0) is 37.8 Å². The average molecular weight is 430 g/mol. The van der Waals surface area contributed by atoms with E-state index in [0.29, 0.717) is 37.7 Å². The van der Waals surface area contributed by atoms with Crippen LogP contribution >= 0.6 is 0 Å². The summed E-state index contributed by atoms with van der Waals surface area (Å²) in [6.07, 6.45) is 0.873. The number of benzene rings is 1. The molecule has 2 aromatic rings. The Balaban J connectivity index is 1.56. The zero-order valence-corrected chi connectivity index (χ0v) is 18.5. The number of aromatic nitrogens is 1. The van der Waals surface area contributed by atoms with Gasteiger partial charge in [0, 0.05) is 58.1 Å². The highest BCUT2D eigenvalue weighted by molar-refractivity contribution is 5.48. The van der Waals surface area contributed by atoms with Crippen LogP contribution in [-0.4, -0.2) is 66.5 Å². The molecule has 0 bridgehead atoms. The second kappa shape index (κ2) is 9.30. The molecular formula is C23H31N3O5. The fourth-order valence-corrected chi connectivity index (χ4v) is 4.40. The highest BCUT2D eigenvalue weighted by Gasteiger charge is 2.23. The van der Waals surface area contributed by atoms with Crippen LogP contribution in [0.25, 0.3) is 0 Å². The van der Waals surface area contributed by atoms with E-state index >= 15 is 0 Å². The lowest BCUT2D eigenvalue weighted by molar-refractivity contribution is 0.0331. The van der Waals surface area contributed by atoms with Gasteiger partial charge in [-0.25, -0.2) is 0 Å². The molecule has 0 unspecified atom stereocenters. The van der Waals surface area contributed by atoms with Crippen molar-refractivity contribution >= 4 is 0 Å². The molecule has 1 saturated heterocycles. The lowest BCUT2D eigenvalue weighted by Gasteiger charge is -2.31. The minimum Gasteiger partial charge on any atom is -0.503 e. The lowest BCUT2D eigenvalue weighted by atomic mass is 9.98. The van der Waals surface area contributed by atoms with Gasteiger partial charge < -0.3 is 23.9 Å². The van der Waals surface area contributed by atoms with Crippen molar-refractivity contribution in [1.82, 2.24) is 14.4 Å². The van der Waals surface area contributed by atoms with Crippen molar-refractivity contribution in [1.29, 1.82) is 0 Å². The summed E-state index contributed by atoms with van der Waals surface area (Å²) in [5.74, 6) is 1.29. The van der Waals surface area contributed by atoms with Crippen LogP contribution in [0.3, 0.4) is 0 Å². The van der Waals surface area contributed by atoms with E-state index in [1.54, 1.807) is 20.3 Å². The summed E-state index contributed by atoms with van der Waals surface area (Å²) in [6.45, 7) is 5.84. The third kappa shape index (κ3) is 4.56. The molecule has 1 aromatic heterocycles. The van der Waals surface area contributed by atoms with Gasteiger partial charge in [0.15, 0.2) is 17.2 Å². The summed E-state index contributed by atoms with van der Waals surface area (Å²) >= 11 is 0. The SMILES string of the molecule is COc1cc2c(cc1OC)CN(Cc1c(O)c(=O)cc(CN3CCOCC3)n1C)CC2. The number of pyridine rings is 1. The molecule has 1 fully saturated rings. The van der Waals surface area contributed by atoms with Crippen molar-refractivity contribution in [2.75, 3.05) is 47.1 Å². The maximum atomic E-state index is 12.5. The van der Waals surface area contributed by atoms with Gasteiger partial charge in [-0.1, -0.05) is 0 Å². The highest BCUT2D eigenvalue weighted by Crippen LogP contribution is 2.33. The minimum absolute atomic E-state index is 0.161. The smallest absolute Gasteiger partial charge is 0.223 e. The van der Waals surface area contributed by atoms with Crippen molar-refractivity contribution < 1.29 is 19.3 Å². The van der Waals surface area contributed by atoms with Crippen molar-refractivity contribution in [3.8, 4) is 17.2 Å². The molecule has 31 heavy (non-hydrogen) atoms. The predicted molar refractivity (Wildman–Crippen MR) is 117 cm³/mol. The number of hydrogen-bond donors (Lipinski definition) is 1. The predicted octanol–water partition coefficient (Wildman–Crippen LogP) is 1.50. The first kappa shape index (κ1) is 21.7. The second-order valence-electron chi connectivity index (χ2n) is 8.18. The summed E-state index contributed by atoms with van der Waals surface area (Å²) in [5, 5.41) is 10.6. The van der Waals surface area contributed by atoms with Gasteiger partial charge in [-0.2, -0.15) is 0 Å². The summed E-state index contributed by atoms with van der Waals surface area (Å²) in [6, 6.07) is 5.62. The third-order valence-corrected chi connectivity index (χ3v) is 6.30. The van der Waals surface area contributed by atoms with Gasteiger partial charge >= 0.3 is 0 Å². The third-order valence-electron chi connectivity index (χ3n) is 6.30. The standard InChI is InChI=1S/C23H31N3O5/c1-24-18(14-25-6-8-31-9-7-25)12-20(27)23(28)19(24)15-26-5-4-16-10-21(29-2)22(30-3)11-17(16)13-26/h10-12,28H,4-9,13-15H2,1-3H3. The highest BCUT2D eigenvalue weighted by atomic mass is 16.5. The zero-order valence-electron chi connectivity index (χ0n) is 18.5. The molecular weight excluding hydrogens is 398 g/mol. The number of aromatic hydroxyl groups is 1. The van der Waals surface area contributed by atoms with E-state index in [1.165, 1.54) is 11.1 Å². The Hall–Kier alpha value is -2.55. The van der Waals surface area contributed by atoms with E-state index in [4.69, 9.17) is 14.2 Å². The van der Waals surface area contributed by atoms with Gasteiger partial charge in [0.05, 0.1) is 33.1 Å². The Bertz CT molecular complexity index is 998. The van der Waals surface area contributed by atoms with E-state index in [9.17, 15) is 9.90 Å². The number of fused-ring (bicyclic) bond motifs is 1. The normalized spacial score (nSPS) is 17.4. The summed E-state index contributed by atoms with van der Waals surface area (Å²) in [4.78, 5) is 17.0. The molecule has 0 amide bonds. The van der Waals surface area contributed by atoms with Crippen molar-refractivity contribution in [2.45, 2.75) is 26.1 Å². The maximum Gasteiger partial charge on any atom is 0.223 e. The summed E-state index contributed by atoms with van der Waals surface area (Å²) < 4.78 is 18.3. The lowest BCUT2D eigenvalue weighted by Crippen LogP contribution is -2.37. The number of rotatable bonds is 6. The van der Waals surface area contributed by atoms with Crippen LogP contribution in [0.15, 0.2) is 23.0 Å². The molecule has 1 N–H and O–H groups in total. The Morgan fingerprint density at radius 3 is 2.32 bits per heavy atom. The Kier molecular flexibility index (Phi) is 6.50. The van der Waals surface area contributed by atoms with Gasteiger partial charge in [0.25, 0.3) is 0 Å². The van der Waals surface area contributed by atoms with Crippen molar-refractivity contribution in [3.63, 3.8) is 0 Å². The van der Waals surface area contributed by atoms with Crippen LogP contribution in [0, 0.1) is 0 Å². The van der Waals surface area contributed by atoms with E-state index in [-0.39, 0.29) is 11.2 Å². The molecule has 8 nitrogen and oxygen atoms in total. The van der Waals surface area contributed by atoms with E-state index in [2.05, 4.69) is 9.80 Å². The number of methoxy groups -OCH3 is 2. The minimum atomic E-state index is -0.319. The first-order valence-electron chi connectivity index (χ1n) is 10.7. The molecule has 0 aliphatic carbocycles. The second-order valence-corrected chi connectivity index (χ2v) is 8.18. The molecule has 168 valence electrons. The van der Waals surface area contributed by atoms with Crippen LogP contribution in [0.1, 0.15) is 22.5 Å². The molecule has 2 aliphatic heterocycles. The van der Waals surface area contributed by atoms with Crippen LogP contribution in [0.5, 0.6) is 17.2 Å². The van der Waals surface area contributed by atoms with Gasteiger partial charge in [-0.15, -0.1) is 0 Å². The largest absolute Gasteiger partial charge is 0.503 e. The van der Waals surface area contributed by atoms with Gasteiger partial charge in [-0.3, -0.25) is 14.6 Å². The fraction of sp³-hybridized carbons (Fsp3) is 0.522. The topological polar surface area (TPSA) is 76.4 Å². The molecule has 0 radical (unpaired) electrons. The van der Waals surface area contributed by atoms with Crippen molar-refractivity contribution in [3.05, 3.63) is 50.9 Å². The van der Waals surface area contributed by atoms with Gasteiger partial charge in [0.1, 0.15) is 0 Å². The summed E-state index contributed by atoms with van der Waals surface area (Å²) in [7, 11) is 5.21. The zero-order chi connectivity index (χ0) is 22.0. The number of nitrogens with zero attached hydrogens (tertiary/aromatic N) is 3. The molecule has 0 spiro atoms. The monoisotopic (exact) mass is 429 g/mol. The van der Waals surface area contributed by atoms with Gasteiger partial charge in [-0.05, 0) is 29.7 Å². The van der Waals surface area contributed by atoms with E-state index in [1.807, 2.05) is 23.7 Å². The molecule has 4 rings (SSSR count). The van der Waals surface area contributed by atoms with Crippen LogP contribution in [0.2, 0.25) is 0 Å². The Labute approximate surface area is 182 Å². The van der Waals surface area contributed by atoms with Crippen LogP contribution in [0.4, 0.5) is 0 Å². The van der Waals surface area contributed by atoms with E-state index < -0.39 is 0 Å². The quantitative estimate of drug-likeness (QED) is 0.746. The molecule has 3 heterocycles. The first-order valence-corrected chi connectivity index (χ1v) is 10.7. The molecule has 0 atom stereocenters. The maximum absolute atomic E-state index is 12.5. The Morgan fingerprint density at radius 1 is 0.968 bits per heavy atom. The number of morpholine rings is 1. The molecule has 0 saturated carbocycles. The fourth-order valence-electron chi connectivity index (χ4n) is 4.40. The Morgan fingerprint density at radius 2 is 1.65 bits per heavy atom. The summed E-state index contributed by atoms with van der Waals surface area (Å²) in [5.41, 5.74) is 3.66. The first-order chi connectivity index (χ1) is 15.0. The average Bonchev–Trinajstić information content (AvgIpc) is 2.79. The molecule has 2 aliphatic rings. The number of hydrogen-bond acceptors (Lipinski definition) is 7.